The van der Waals surface area contributed by atoms with E-state index in [1.165, 1.54) is 0 Å². The maximum atomic E-state index is 12.2. The normalized spacial score (nSPS) is 12.8. The van der Waals surface area contributed by atoms with Crippen LogP contribution in [0.3, 0.4) is 0 Å². The van der Waals surface area contributed by atoms with E-state index in [1.54, 1.807) is 14.0 Å². The summed E-state index contributed by atoms with van der Waals surface area (Å²) in [7, 11) is 1.59. The molecule has 6 heteroatoms. The molecule has 6 nitrogen and oxygen atoms in total. The molecule has 0 aliphatic heterocycles. The minimum atomic E-state index is -1.19. The second kappa shape index (κ2) is 8.89. The van der Waals surface area contributed by atoms with Gasteiger partial charge in [-0.1, -0.05) is 29.8 Å². The number of anilines is 1. The van der Waals surface area contributed by atoms with E-state index >= 15 is 0 Å². The Bertz CT molecular complexity index is 834. The number of ether oxygens (including phenoxy) is 1. The molecule has 0 spiro atoms. The summed E-state index contributed by atoms with van der Waals surface area (Å²) in [6, 6.07) is 11.2. The topological polar surface area (TPSA) is 87.7 Å². The zero-order chi connectivity index (χ0) is 20.9. The van der Waals surface area contributed by atoms with Gasteiger partial charge >= 0.3 is 11.8 Å². The van der Waals surface area contributed by atoms with Crippen LogP contribution in [0.4, 0.5) is 5.69 Å². The van der Waals surface area contributed by atoms with Crippen LogP contribution in [0, 0.1) is 20.8 Å². The minimum Gasteiger partial charge on any atom is -0.497 e. The fraction of sp³-hybridized carbons (Fsp3) is 0.364. The molecule has 0 bridgehead atoms. The predicted molar refractivity (Wildman–Crippen MR) is 110 cm³/mol. The number of nitrogens with one attached hydrogen (secondary N) is 2. The van der Waals surface area contributed by atoms with Crippen LogP contribution in [-0.4, -0.2) is 36.2 Å². The Kier molecular flexibility index (Phi) is 6.80. The molecule has 0 aliphatic carbocycles. The van der Waals surface area contributed by atoms with E-state index in [9.17, 15) is 14.7 Å². The van der Waals surface area contributed by atoms with Crippen LogP contribution in [0.25, 0.3) is 0 Å². The molecule has 28 heavy (non-hydrogen) atoms. The van der Waals surface area contributed by atoms with Gasteiger partial charge in [0.05, 0.1) is 12.7 Å². The van der Waals surface area contributed by atoms with Gasteiger partial charge in [0.25, 0.3) is 0 Å². The fourth-order valence-electron chi connectivity index (χ4n) is 3.14. The molecule has 150 valence electrons. The minimum absolute atomic E-state index is 0.0445. The molecule has 2 amide bonds. The zero-order valence-electron chi connectivity index (χ0n) is 17.1. The molecule has 3 N–H and O–H groups in total. The Hall–Kier alpha value is -2.86. The molecule has 0 radical (unpaired) electrons. The monoisotopic (exact) mass is 384 g/mol. The van der Waals surface area contributed by atoms with E-state index < -0.39 is 17.4 Å². The van der Waals surface area contributed by atoms with Gasteiger partial charge in [-0.3, -0.25) is 9.59 Å². The molecule has 2 aromatic rings. The first-order chi connectivity index (χ1) is 13.1. The van der Waals surface area contributed by atoms with Gasteiger partial charge in [0, 0.05) is 18.7 Å². The molecule has 0 aromatic heterocycles. The molecule has 0 saturated heterocycles. The Morgan fingerprint density at radius 1 is 1.04 bits per heavy atom. The van der Waals surface area contributed by atoms with E-state index in [4.69, 9.17) is 4.74 Å². The Morgan fingerprint density at radius 2 is 1.61 bits per heavy atom. The number of carbonyl (C=O) groups excluding carboxylic acids is 2. The molecular formula is C22H28N2O4. The number of hydrogen-bond donors (Lipinski definition) is 3. The first-order valence-electron chi connectivity index (χ1n) is 9.13. The summed E-state index contributed by atoms with van der Waals surface area (Å²) in [4.78, 5) is 24.4. The molecule has 2 rings (SSSR count). The van der Waals surface area contributed by atoms with E-state index in [1.807, 2.05) is 57.2 Å². The summed E-state index contributed by atoms with van der Waals surface area (Å²) in [6.45, 7) is 7.31. The van der Waals surface area contributed by atoms with Crippen molar-refractivity contribution in [2.45, 2.75) is 39.7 Å². The number of benzene rings is 2. The van der Waals surface area contributed by atoms with Crippen molar-refractivity contribution in [2.75, 3.05) is 19.0 Å². The maximum Gasteiger partial charge on any atom is 0.313 e. The fourth-order valence-corrected chi connectivity index (χ4v) is 3.14. The highest BCUT2D eigenvalue weighted by Gasteiger charge is 2.24. The van der Waals surface area contributed by atoms with E-state index in [-0.39, 0.29) is 6.54 Å². The molecule has 1 unspecified atom stereocenters. The summed E-state index contributed by atoms with van der Waals surface area (Å²) >= 11 is 0. The van der Waals surface area contributed by atoms with Crippen molar-refractivity contribution in [3.63, 3.8) is 0 Å². The lowest BCUT2D eigenvalue weighted by molar-refractivity contribution is -0.136. The molecule has 2 aromatic carbocycles. The molecule has 0 aliphatic rings. The SMILES string of the molecule is COc1ccc(CC(C)(O)CNC(=O)C(=O)Nc2c(C)cc(C)cc2C)cc1. The smallest absolute Gasteiger partial charge is 0.313 e. The van der Waals surface area contributed by atoms with Gasteiger partial charge in [-0.25, -0.2) is 0 Å². The van der Waals surface area contributed by atoms with Crippen molar-refractivity contribution < 1.29 is 19.4 Å². The van der Waals surface area contributed by atoms with E-state index in [0.717, 1.165) is 28.0 Å². The third-order valence-corrected chi connectivity index (χ3v) is 4.50. The third kappa shape index (κ3) is 5.82. The molecule has 1 atom stereocenters. The van der Waals surface area contributed by atoms with Crippen molar-refractivity contribution in [3.8, 4) is 5.75 Å². The van der Waals surface area contributed by atoms with Crippen molar-refractivity contribution in [2.24, 2.45) is 0 Å². The highest BCUT2D eigenvalue weighted by Crippen LogP contribution is 2.22. The maximum absolute atomic E-state index is 12.2. The number of aryl methyl sites for hydroxylation is 3. The van der Waals surface area contributed by atoms with Crippen LogP contribution in [-0.2, 0) is 16.0 Å². The number of carbonyl (C=O) groups is 2. The van der Waals surface area contributed by atoms with Crippen molar-refractivity contribution in [1.82, 2.24) is 5.32 Å². The Balaban J connectivity index is 1.93. The number of hydrogen-bond acceptors (Lipinski definition) is 4. The van der Waals surface area contributed by atoms with Gasteiger partial charge < -0.3 is 20.5 Å². The summed E-state index contributed by atoms with van der Waals surface area (Å²) in [6.07, 6.45) is 0.328. The van der Waals surface area contributed by atoms with Gasteiger partial charge in [-0.05, 0) is 56.5 Å². The van der Waals surface area contributed by atoms with Crippen LogP contribution < -0.4 is 15.4 Å². The van der Waals surface area contributed by atoms with Gasteiger partial charge in [0.15, 0.2) is 0 Å². The molecule has 0 heterocycles. The number of amides is 2. The largest absolute Gasteiger partial charge is 0.497 e. The second-order valence-corrected chi connectivity index (χ2v) is 7.43. The third-order valence-electron chi connectivity index (χ3n) is 4.50. The van der Waals surface area contributed by atoms with Crippen molar-refractivity contribution in [3.05, 3.63) is 58.7 Å². The highest BCUT2D eigenvalue weighted by atomic mass is 16.5. The Morgan fingerprint density at radius 3 is 2.14 bits per heavy atom. The van der Waals surface area contributed by atoms with Gasteiger partial charge in [0.2, 0.25) is 0 Å². The standard InChI is InChI=1S/C22H28N2O4/c1-14-10-15(2)19(16(3)11-14)24-21(26)20(25)23-13-22(4,27)12-17-6-8-18(28-5)9-7-17/h6-11,27H,12-13H2,1-5H3,(H,23,25)(H,24,26). The number of aliphatic hydroxyl groups is 1. The summed E-state index contributed by atoms with van der Waals surface area (Å²) < 4.78 is 5.11. The van der Waals surface area contributed by atoms with Crippen LogP contribution in [0.5, 0.6) is 5.75 Å². The average Bonchev–Trinajstić information content (AvgIpc) is 2.63. The molecule has 0 saturated carbocycles. The Labute approximate surface area is 165 Å². The van der Waals surface area contributed by atoms with Crippen LogP contribution in [0.1, 0.15) is 29.2 Å². The van der Waals surface area contributed by atoms with Crippen molar-refractivity contribution >= 4 is 17.5 Å². The first-order valence-corrected chi connectivity index (χ1v) is 9.13. The average molecular weight is 384 g/mol. The lowest BCUT2D eigenvalue weighted by Gasteiger charge is -2.24. The summed E-state index contributed by atoms with van der Waals surface area (Å²) in [5.74, 6) is -0.806. The zero-order valence-corrected chi connectivity index (χ0v) is 17.1. The lowest BCUT2D eigenvalue weighted by atomic mass is 9.96. The van der Waals surface area contributed by atoms with Crippen molar-refractivity contribution in [1.29, 1.82) is 0 Å². The van der Waals surface area contributed by atoms with Gasteiger partial charge in [0.1, 0.15) is 5.75 Å². The molecule has 0 fully saturated rings. The van der Waals surface area contributed by atoms with Crippen LogP contribution >= 0.6 is 0 Å². The summed E-state index contributed by atoms with van der Waals surface area (Å²) in [5, 5.41) is 15.7. The van der Waals surface area contributed by atoms with Crippen LogP contribution in [0.15, 0.2) is 36.4 Å². The quantitative estimate of drug-likeness (QED) is 0.668. The van der Waals surface area contributed by atoms with E-state index in [2.05, 4.69) is 10.6 Å². The second-order valence-electron chi connectivity index (χ2n) is 7.43. The first kappa shape index (κ1) is 21.4. The molecular weight excluding hydrogens is 356 g/mol. The van der Waals surface area contributed by atoms with E-state index in [0.29, 0.717) is 12.1 Å². The highest BCUT2D eigenvalue weighted by molar-refractivity contribution is 6.39. The number of rotatable bonds is 6. The lowest BCUT2D eigenvalue weighted by Crippen LogP contribution is -2.45. The predicted octanol–water partition coefficient (Wildman–Crippen LogP) is 2.67. The number of methoxy groups -OCH3 is 1. The van der Waals surface area contributed by atoms with Crippen LogP contribution in [0.2, 0.25) is 0 Å². The van der Waals surface area contributed by atoms with Gasteiger partial charge in [-0.2, -0.15) is 0 Å². The van der Waals surface area contributed by atoms with Gasteiger partial charge in [-0.15, -0.1) is 0 Å². The summed E-state index contributed by atoms with van der Waals surface area (Å²) in [5.41, 5.74) is 3.22.